The summed E-state index contributed by atoms with van der Waals surface area (Å²) in [5, 5.41) is 12.5. The third-order valence-corrected chi connectivity index (χ3v) is 15.9. The van der Waals surface area contributed by atoms with Gasteiger partial charge in [-0.05, 0) is 115 Å². The average Bonchev–Trinajstić information content (AvgIpc) is 4.30. The van der Waals surface area contributed by atoms with Crippen molar-refractivity contribution in [3.63, 3.8) is 0 Å². The van der Waals surface area contributed by atoms with Gasteiger partial charge in [0.25, 0.3) is 0 Å². The van der Waals surface area contributed by atoms with E-state index in [4.69, 9.17) is 17.7 Å². The van der Waals surface area contributed by atoms with Gasteiger partial charge in [0.15, 0.2) is 0 Å². The molecule has 0 saturated carbocycles. The van der Waals surface area contributed by atoms with Crippen molar-refractivity contribution in [2.75, 3.05) is 0 Å². The zero-order chi connectivity index (χ0) is 47.5. The Morgan fingerprint density at radius 3 is 1.29 bits per heavy atom. The number of fused-ring (bicyclic) bond motifs is 18. The van der Waals surface area contributed by atoms with Gasteiger partial charge in [-0.15, -0.1) is 0 Å². The van der Waals surface area contributed by atoms with Gasteiger partial charge >= 0.3 is 0 Å². The lowest BCUT2D eigenvalue weighted by Gasteiger charge is -2.16. The van der Waals surface area contributed by atoms with Crippen LogP contribution in [0.4, 0.5) is 0 Å². The highest BCUT2D eigenvalue weighted by Gasteiger charge is 2.27. The van der Waals surface area contributed by atoms with E-state index in [1.165, 1.54) is 54.8 Å². The Morgan fingerprint density at radius 2 is 0.726 bits per heavy atom. The van der Waals surface area contributed by atoms with Crippen LogP contribution in [0.1, 0.15) is 17.7 Å². The molecule has 0 aliphatic heterocycles. The van der Waals surface area contributed by atoms with Crippen molar-refractivity contribution >= 4 is 150 Å². The maximum absolute atomic E-state index is 6.70. The van der Waals surface area contributed by atoms with Crippen molar-refractivity contribution in [2.24, 2.45) is 0 Å². The van der Waals surface area contributed by atoms with Crippen LogP contribution in [0.15, 0.2) is 224 Å². The quantitative estimate of drug-likeness (QED) is 0.161. The second-order valence-electron chi connectivity index (χ2n) is 19.8. The third-order valence-electron chi connectivity index (χ3n) is 15.9. The lowest BCUT2D eigenvalue weighted by Crippen LogP contribution is -2.51. The van der Waals surface area contributed by atoms with E-state index in [-0.39, 0.29) is 6.71 Å². The maximum atomic E-state index is 6.70. The van der Waals surface area contributed by atoms with Gasteiger partial charge in [0.1, 0.15) is 44.7 Å². The predicted octanol–water partition coefficient (Wildman–Crippen LogP) is 15.8. The molecule has 10 aromatic carbocycles. The summed E-state index contributed by atoms with van der Waals surface area (Å²) >= 11 is 0. The minimum atomic E-state index is -0.109. The molecule has 6 heterocycles. The van der Waals surface area contributed by atoms with E-state index in [0.717, 1.165) is 117 Å². The lowest BCUT2D eigenvalue weighted by atomic mass is 9.36. The van der Waals surface area contributed by atoms with E-state index in [1.807, 2.05) is 36.4 Å². The summed E-state index contributed by atoms with van der Waals surface area (Å²) in [6.45, 7) is -0.109. The minimum absolute atomic E-state index is 0.109. The second-order valence-corrected chi connectivity index (χ2v) is 19.8. The van der Waals surface area contributed by atoms with Crippen LogP contribution in [0.2, 0.25) is 0 Å². The van der Waals surface area contributed by atoms with E-state index < -0.39 is 0 Å². The number of benzene rings is 10. The van der Waals surface area contributed by atoms with Gasteiger partial charge in [0, 0.05) is 76.3 Å². The molecule has 16 aromatic rings. The molecule has 0 fully saturated rings. The number of hydrogen-bond donors (Lipinski definition) is 0. The van der Waals surface area contributed by atoms with Crippen LogP contribution < -0.4 is 16.4 Å². The van der Waals surface area contributed by atoms with Gasteiger partial charge in [0.05, 0.1) is 16.6 Å². The smallest absolute Gasteiger partial charge is 0.241 e. The zero-order valence-electron chi connectivity index (χ0n) is 39.2. The number of rotatable bonds is 5. The van der Waals surface area contributed by atoms with Crippen LogP contribution in [0.25, 0.3) is 138 Å². The minimum Gasteiger partial charge on any atom is -0.456 e. The number of aromatic nitrogens is 2. The molecule has 17 rings (SSSR count). The fraction of sp³-hybridized carbons (Fsp3) is 0.0303. The Hall–Kier alpha value is -9.46. The highest BCUT2D eigenvalue weighted by atomic mass is 16.3. The molecule has 340 valence electrons. The van der Waals surface area contributed by atoms with E-state index in [9.17, 15) is 0 Å². The number of para-hydroxylation sites is 4. The van der Waals surface area contributed by atoms with Crippen LogP contribution in [0, 0.1) is 0 Å². The molecule has 0 spiro atoms. The first kappa shape index (κ1) is 39.3. The number of aryl methyl sites for hydroxylation is 1. The summed E-state index contributed by atoms with van der Waals surface area (Å²) in [6, 6.07) is 72.1. The fourth-order valence-electron chi connectivity index (χ4n) is 12.6. The molecule has 0 N–H and O–H groups in total. The number of hydrogen-bond acceptors (Lipinski definition) is 4. The summed E-state index contributed by atoms with van der Waals surface area (Å²) in [4.78, 5) is 0. The van der Waals surface area contributed by atoms with Crippen molar-refractivity contribution in [2.45, 2.75) is 12.8 Å². The SMILES string of the molecule is C1=Cc2c(c3cc4c(cc3n2-c2ccc3oc5ccccc5c3c2)c2ccccc2n4-c2ccc3oc4ccc(B(c5ccc6oc7ccccc7c6c5)c5ccc6oc7ccccc7c6c5)cc4c3c2)CC1. The zero-order valence-corrected chi connectivity index (χ0v) is 39.2. The van der Waals surface area contributed by atoms with E-state index in [1.54, 1.807) is 0 Å². The molecule has 6 nitrogen and oxygen atoms in total. The van der Waals surface area contributed by atoms with Gasteiger partial charge in [-0.3, -0.25) is 0 Å². The van der Waals surface area contributed by atoms with Crippen molar-refractivity contribution in [1.82, 2.24) is 9.13 Å². The molecule has 0 unspecified atom stereocenters. The number of allylic oxidation sites excluding steroid dienone is 1. The fourth-order valence-corrected chi connectivity index (χ4v) is 12.6. The molecular weight excluding hydrogens is 896 g/mol. The highest BCUT2D eigenvalue weighted by molar-refractivity contribution is 6.96. The Balaban J connectivity index is 0.861. The highest BCUT2D eigenvalue weighted by Crippen LogP contribution is 2.42. The number of nitrogens with zero attached hydrogens (tertiary/aromatic N) is 2. The molecule has 0 bridgehead atoms. The van der Waals surface area contributed by atoms with E-state index in [2.05, 4.69) is 185 Å². The first-order chi connectivity index (χ1) is 36.1. The van der Waals surface area contributed by atoms with Crippen molar-refractivity contribution < 1.29 is 17.7 Å². The van der Waals surface area contributed by atoms with Gasteiger partial charge in [0.2, 0.25) is 6.71 Å². The first-order valence-electron chi connectivity index (χ1n) is 25.1. The Labute approximate surface area is 416 Å². The number of furan rings is 4. The lowest BCUT2D eigenvalue weighted by molar-refractivity contribution is 0.668. The average molecular weight is 935 g/mol. The predicted molar refractivity (Wildman–Crippen MR) is 302 cm³/mol. The molecule has 6 aromatic heterocycles. The first-order valence-corrected chi connectivity index (χ1v) is 25.1. The van der Waals surface area contributed by atoms with Gasteiger partial charge < -0.3 is 26.8 Å². The van der Waals surface area contributed by atoms with Crippen molar-refractivity contribution in [3.05, 3.63) is 218 Å². The third kappa shape index (κ3) is 5.59. The maximum Gasteiger partial charge on any atom is 0.241 e. The van der Waals surface area contributed by atoms with Gasteiger partial charge in [-0.25, -0.2) is 0 Å². The summed E-state index contributed by atoms with van der Waals surface area (Å²) in [6.07, 6.45) is 6.62. The van der Waals surface area contributed by atoms with Gasteiger partial charge in [-0.2, -0.15) is 0 Å². The molecular formula is C66H39BN2O4. The summed E-state index contributed by atoms with van der Waals surface area (Å²) in [7, 11) is 0. The van der Waals surface area contributed by atoms with E-state index >= 15 is 0 Å². The molecule has 1 aliphatic rings. The Morgan fingerprint density at radius 1 is 0.315 bits per heavy atom. The molecule has 7 heteroatoms. The molecule has 1 aliphatic carbocycles. The van der Waals surface area contributed by atoms with E-state index in [0.29, 0.717) is 0 Å². The summed E-state index contributed by atoms with van der Waals surface area (Å²) < 4.78 is 30.6. The van der Waals surface area contributed by atoms with Crippen LogP contribution >= 0.6 is 0 Å². The molecule has 73 heavy (non-hydrogen) atoms. The summed E-state index contributed by atoms with van der Waals surface area (Å²) in [5.74, 6) is 0. The molecule has 0 radical (unpaired) electrons. The molecule has 0 atom stereocenters. The second kappa shape index (κ2) is 14.6. The van der Waals surface area contributed by atoms with Crippen LogP contribution in [-0.2, 0) is 6.42 Å². The largest absolute Gasteiger partial charge is 0.456 e. The topological polar surface area (TPSA) is 62.4 Å². The molecule has 0 saturated heterocycles. The Bertz CT molecular complexity index is 4960. The Kier molecular flexibility index (Phi) is 7.84. The van der Waals surface area contributed by atoms with Crippen LogP contribution in [0.5, 0.6) is 0 Å². The standard InChI is InChI=1S/C66H39BN2O4/c1-6-16-55-43(11-1)48-37-58-49(36-57(48)68(55)41-24-29-65-53(34-41)47-15-5-10-20-61(47)72-65)44-12-2-7-17-56(44)69(58)42-25-30-66-54(35-42)52-33-40(23-28-64(52)73-66)67(38-21-26-62-50(31-38)45-13-3-8-18-59(45)70-62)39-22-27-63-51(32-39)46-14-4-9-19-60(46)71-63/h2-10,12-37H,1,11H2. The molecule has 0 amide bonds. The van der Waals surface area contributed by atoms with Crippen LogP contribution in [-0.4, -0.2) is 15.8 Å². The van der Waals surface area contributed by atoms with Crippen molar-refractivity contribution in [1.29, 1.82) is 0 Å². The van der Waals surface area contributed by atoms with Crippen molar-refractivity contribution in [3.8, 4) is 11.4 Å². The normalized spacial score (nSPS) is 13.0. The van der Waals surface area contributed by atoms with Gasteiger partial charge in [-0.1, -0.05) is 132 Å². The summed E-state index contributed by atoms with van der Waals surface area (Å²) in [5.41, 5.74) is 19.0. The monoisotopic (exact) mass is 934 g/mol. The van der Waals surface area contributed by atoms with Crippen LogP contribution in [0.3, 0.4) is 0 Å².